The Kier molecular flexibility index (Phi) is 4.80. The summed E-state index contributed by atoms with van der Waals surface area (Å²) in [6, 6.07) is 5.80. The fourth-order valence-corrected chi connectivity index (χ4v) is 2.91. The highest BCUT2D eigenvalue weighted by molar-refractivity contribution is 9.10. The van der Waals surface area contributed by atoms with Crippen LogP contribution in [0.1, 0.15) is 26.4 Å². The average molecular weight is 355 g/mol. The fourth-order valence-electron chi connectivity index (χ4n) is 1.86. The van der Waals surface area contributed by atoms with Crippen LogP contribution in [-0.4, -0.2) is 5.91 Å². The van der Waals surface area contributed by atoms with Crippen molar-refractivity contribution < 1.29 is 9.53 Å². The van der Waals surface area contributed by atoms with Crippen LogP contribution in [-0.2, 0) is 6.61 Å². The molecule has 0 fully saturated rings. The van der Waals surface area contributed by atoms with E-state index in [9.17, 15) is 4.79 Å². The van der Waals surface area contributed by atoms with Crippen LogP contribution in [0.2, 0.25) is 0 Å². The highest BCUT2D eigenvalue weighted by atomic mass is 79.9. The van der Waals surface area contributed by atoms with Gasteiger partial charge in [-0.2, -0.15) is 0 Å². The molecule has 1 aromatic heterocycles. The summed E-state index contributed by atoms with van der Waals surface area (Å²) in [6.45, 7) is 4.37. The Balaban J connectivity index is 2.13. The topological polar surface area (TPSA) is 64.3 Å². The predicted octanol–water partition coefficient (Wildman–Crippen LogP) is 3.31. The molecule has 0 unspecified atom stereocenters. The lowest BCUT2D eigenvalue weighted by atomic mass is 10.1. The molecule has 20 heavy (non-hydrogen) atoms. The second-order valence-corrected chi connectivity index (χ2v) is 6.12. The second-order valence-electron chi connectivity index (χ2n) is 4.41. The van der Waals surface area contributed by atoms with Gasteiger partial charge in [0.05, 0.1) is 4.88 Å². The largest absolute Gasteiger partial charge is 0.489 e. The minimum absolute atomic E-state index is 0.290. The number of hydrogen-bond donors (Lipinski definition) is 2. The zero-order valence-corrected chi connectivity index (χ0v) is 13.6. The van der Waals surface area contributed by atoms with E-state index in [1.54, 1.807) is 0 Å². The van der Waals surface area contributed by atoms with E-state index in [1.807, 2.05) is 37.4 Å². The van der Waals surface area contributed by atoms with E-state index in [0.29, 0.717) is 11.5 Å². The second kappa shape index (κ2) is 6.39. The zero-order chi connectivity index (χ0) is 14.7. The molecule has 3 N–H and O–H groups in total. The van der Waals surface area contributed by atoms with Crippen molar-refractivity contribution in [1.82, 2.24) is 5.43 Å². The van der Waals surface area contributed by atoms with E-state index in [2.05, 4.69) is 21.4 Å². The number of amides is 1. The molecule has 1 amide bonds. The highest BCUT2D eigenvalue weighted by Crippen LogP contribution is 2.27. The molecule has 106 valence electrons. The van der Waals surface area contributed by atoms with Crippen LogP contribution in [0.5, 0.6) is 5.75 Å². The third-order valence-corrected chi connectivity index (χ3v) is 5.09. The van der Waals surface area contributed by atoms with E-state index in [-0.39, 0.29) is 5.91 Å². The Labute approximate surface area is 130 Å². The zero-order valence-electron chi connectivity index (χ0n) is 11.2. The molecule has 0 radical (unpaired) electrons. The molecule has 1 aromatic carbocycles. The summed E-state index contributed by atoms with van der Waals surface area (Å²) in [5.41, 5.74) is 5.20. The molecule has 1 heterocycles. The normalized spacial score (nSPS) is 10.4. The monoisotopic (exact) mass is 354 g/mol. The van der Waals surface area contributed by atoms with E-state index < -0.39 is 0 Å². The first-order chi connectivity index (χ1) is 9.52. The number of carbonyl (C=O) groups is 1. The van der Waals surface area contributed by atoms with Crippen molar-refractivity contribution >= 4 is 33.2 Å². The van der Waals surface area contributed by atoms with Gasteiger partial charge in [0.2, 0.25) is 0 Å². The smallest absolute Gasteiger partial charge is 0.275 e. The minimum Gasteiger partial charge on any atom is -0.489 e. The van der Waals surface area contributed by atoms with Crippen molar-refractivity contribution in [2.75, 3.05) is 0 Å². The van der Waals surface area contributed by atoms with Crippen LogP contribution < -0.4 is 16.0 Å². The van der Waals surface area contributed by atoms with Crippen molar-refractivity contribution in [3.8, 4) is 5.75 Å². The summed E-state index contributed by atoms with van der Waals surface area (Å²) in [5, 5.41) is 1.85. The predicted molar refractivity (Wildman–Crippen MR) is 83.9 cm³/mol. The molecule has 4 nitrogen and oxygen atoms in total. The van der Waals surface area contributed by atoms with E-state index in [4.69, 9.17) is 10.6 Å². The van der Waals surface area contributed by atoms with Crippen LogP contribution in [0.4, 0.5) is 0 Å². The molecule has 0 aliphatic carbocycles. The van der Waals surface area contributed by atoms with Crippen molar-refractivity contribution in [2.24, 2.45) is 5.84 Å². The number of aryl methyl sites for hydroxylation is 2. The standard InChI is InChI=1S/C14H15BrN2O2S/c1-8-5-11(6-9(2)12(8)15)19-7-10-3-4-20-13(10)14(18)17-16/h3-6H,7,16H2,1-2H3,(H,17,18). The van der Waals surface area contributed by atoms with E-state index >= 15 is 0 Å². The number of nitrogens with two attached hydrogens (primary N) is 1. The Morgan fingerprint density at radius 2 is 2.05 bits per heavy atom. The number of nitrogens with one attached hydrogen (secondary N) is 1. The SMILES string of the molecule is Cc1cc(OCc2ccsc2C(=O)NN)cc(C)c1Br. The van der Waals surface area contributed by atoms with Gasteiger partial charge < -0.3 is 4.74 Å². The lowest BCUT2D eigenvalue weighted by molar-refractivity contribution is 0.0955. The number of hydrogen-bond acceptors (Lipinski definition) is 4. The summed E-state index contributed by atoms with van der Waals surface area (Å²) in [6.07, 6.45) is 0. The number of rotatable bonds is 4. The molecule has 0 aliphatic heterocycles. The van der Waals surface area contributed by atoms with Gasteiger partial charge in [0.15, 0.2) is 0 Å². The van der Waals surface area contributed by atoms with Gasteiger partial charge >= 0.3 is 0 Å². The van der Waals surface area contributed by atoms with Crippen molar-refractivity contribution in [2.45, 2.75) is 20.5 Å². The third kappa shape index (κ3) is 3.20. The molecule has 2 rings (SSSR count). The molecule has 0 aliphatic rings. The van der Waals surface area contributed by atoms with Gasteiger partial charge in [-0.15, -0.1) is 11.3 Å². The highest BCUT2D eigenvalue weighted by Gasteiger charge is 2.12. The van der Waals surface area contributed by atoms with Gasteiger partial charge in [0.25, 0.3) is 5.91 Å². The summed E-state index contributed by atoms with van der Waals surface area (Å²) in [5.74, 6) is 5.65. The van der Waals surface area contributed by atoms with Crippen LogP contribution in [0.3, 0.4) is 0 Å². The number of benzene rings is 1. The molecular weight excluding hydrogens is 340 g/mol. The summed E-state index contributed by atoms with van der Waals surface area (Å²) >= 11 is 4.87. The summed E-state index contributed by atoms with van der Waals surface area (Å²) < 4.78 is 6.85. The van der Waals surface area contributed by atoms with Gasteiger partial charge in [-0.3, -0.25) is 10.2 Å². The molecule has 0 saturated heterocycles. The van der Waals surface area contributed by atoms with Crippen molar-refractivity contribution in [3.05, 3.63) is 49.6 Å². The number of nitrogen functional groups attached to an aromatic ring is 1. The molecule has 2 aromatic rings. The lowest BCUT2D eigenvalue weighted by Gasteiger charge is -2.10. The van der Waals surface area contributed by atoms with Gasteiger partial charge in [0, 0.05) is 10.0 Å². The average Bonchev–Trinajstić information content (AvgIpc) is 2.89. The van der Waals surface area contributed by atoms with Crippen molar-refractivity contribution in [1.29, 1.82) is 0 Å². The molecule has 0 spiro atoms. The lowest BCUT2D eigenvalue weighted by Crippen LogP contribution is -2.30. The first-order valence-corrected chi connectivity index (χ1v) is 7.67. The van der Waals surface area contributed by atoms with Gasteiger partial charge in [-0.25, -0.2) is 5.84 Å². The number of carbonyl (C=O) groups excluding carboxylic acids is 1. The Hall–Kier alpha value is -1.37. The maximum Gasteiger partial charge on any atom is 0.275 e. The van der Waals surface area contributed by atoms with Gasteiger partial charge in [-0.05, 0) is 48.6 Å². The van der Waals surface area contributed by atoms with Crippen LogP contribution in [0.15, 0.2) is 28.1 Å². The molecule has 0 bridgehead atoms. The molecule has 6 heteroatoms. The Bertz CT molecular complexity index is 617. The first-order valence-electron chi connectivity index (χ1n) is 5.99. The fraction of sp³-hybridized carbons (Fsp3) is 0.214. The number of thiophene rings is 1. The van der Waals surface area contributed by atoms with E-state index in [0.717, 1.165) is 26.9 Å². The Morgan fingerprint density at radius 3 is 2.65 bits per heavy atom. The van der Waals surface area contributed by atoms with Gasteiger partial charge in [-0.1, -0.05) is 15.9 Å². The van der Waals surface area contributed by atoms with Gasteiger partial charge in [0.1, 0.15) is 12.4 Å². The number of ether oxygens (including phenoxy) is 1. The first kappa shape index (κ1) is 15.0. The third-order valence-electron chi connectivity index (χ3n) is 2.89. The molecular formula is C14H15BrN2O2S. The number of hydrazine groups is 1. The van der Waals surface area contributed by atoms with E-state index in [1.165, 1.54) is 11.3 Å². The molecule has 0 atom stereocenters. The number of halogens is 1. The van der Waals surface area contributed by atoms with Crippen LogP contribution >= 0.6 is 27.3 Å². The molecule has 0 saturated carbocycles. The van der Waals surface area contributed by atoms with Crippen LogP contribution in [0, 0.1) is 13.8 Å². The summed E-state index contributed by atoms with van der Waals surface area (Å²) in [4.78, 5) is 12.2. The quantitative estimate of drug-likeness (QED) is 0.502. The maximum absolute atomic E-state index is 11.6. The maximum atomic E-state index is 11.6. The van der Waals surface area contributed by atoms with Crippen molar-refractivity contribution in [3.63, 3.8) is 0 Å². The summed E-state index contributed by atoms with van der Waals surface area (Å²) in [7, 11) is 0. The Morgan fingerprint density at radius 1 is 1.40 bits per heavy atom. The minimum atomic E-state index is -0.290. The van der Waals surface area contributed by atoms with Crippen LogP contribution in [0.25, 0.3) is 0 Å².